The molecule has 0 fully saturated rings. The number of Topliss-reactive ketones (excluding diaryl/α,β-unsaturated/α-hetero) is 2. The molecule has 1 aliphatic heterocycles. The third kappa shape index (κ3) is 4.07. The zero-order valence-electron chi connectivity index (χ0n) is 16.1. The van der Waals surface area contributed by atoms with Gasteiger partial charge in [-0.2, -0.15) is 0 Å². The average molecular weight is 421 g/mol. The molecular weight excluding hydrogens is 404 g/mol. The predicted octanol–water partition coefficient (Wildman–Crippen LogP) is 5.23. The number of ether oxygens (including phenoxy) is 3. The first-order chi connectivity index (χ1) is 14.5. The van der Waals surface area contributed by atoms with Gasteiger partial charge >= 0.3 is 0 Å². The van der Waals surface area contributed by atoms with E-state index in [0.717, 1.165) is 5.56 Å². The molecule has 0 spiro atoms. The maximum absolute atomic E-state index is 12.7. The molecule has 150 valence electrons. The van der Waals surface area contributed by atoms with Crippen LogP contribution in [-0.2, 0) is 0 Å². The van der Waals surface area contributed by atoms with Gasteiger partial charge in [0.15, 0.2) is 18.1 Å². The monoisotopic (exact) mass is 420 g/mol. The molecule has 0 bridgehead atoms. The molecule has 1 aliphatic rings. The van der Waals surface area contributed by atoms with Gasteiger partial charge in [0, 0.05) is 22.2 Å². The standard InChI is InChI=1S/C24H17ClO5/c1-28-21-5-3-2-4-16(21)12-23-24(27)19-11-10-18(13-22(19)30-23)29-14-20(26)15-6-8-17(25)9-7-15/h2-13H,14H2,1H3/b23-12-. The van der Waals surface area contributed by atoms with Crippen LogP contribution in [0.4, 0.5) is 0 Å². The second-order valence-electron chi connectivity index (χ2n) is 6.56. The van der Waals surface area contributed by atoms with Crippen molar-refractivity contribution in [3.05, 3.63) is 94.2 Å². The number of halogens is 1. The highest BCUT2D eigenvalue weighted by Crippen LogP contribution is 2.35. The lowest BCUT2D eigenvalue weighted by molar-refractivity contribution is 0.0921. The molecule has 1 heterocycles. The van der Waals surface area contributed by atoms with Gasteiger partial charge in [-0.05, 0) is 48.5 Å². The molecule has 0 atom stereocenters. The Labute approximate surface area is 178 Å². The number of hydrogen-bond acceptors (Lipinski definition) is 5. The zero-order valence-corrected chi connectivity index (χ0v) is 16.8. The van der Waals surface area contributed by atoms with E-state index in [1.807, 2.05) is 24.3 Å². The quantitative estimate of drug-likeness (QED) is 0.404. The van der Waals surface area contributed by atoms with Crippen LogP contribution in [0.2, 0.25) is 5.02 Å². The molecule has 4 rings (SSSR count). The minimum Gasteiger partial charge on any atom is -0.496 e. The van der Waals surface area contributed by atoms with Crippen molar-refractivity contribution in [1.82, 2.24) is 0 Å². The fraction of sp³-hybridized carbons (Fsp3) is 0.0833. The van der Waals surface area contributed by atoms with Gasteiger partial charge in [0.25, 0.3) is 0 Å². The minimum absolute atomic E-state index is 0.141. The molecule has 6 heteroatoms. The second kappa shape index (κ2) is 8.43. The van der Waals surface area contributed by atoms with Crippen LogP contribution >= 0.6 is 11.6 Å². The smallest absolute Gasteiger partial charge is 0.231 e. The number of rotatable bonds is 6. The number of hydrogen-bond donors (Lipinski definition) is 0. The summed E-state index contributed by atoms with van der Waals surface area (Å²) in [5, 5.41) is 0.560. The van der Waals surface area contributed by atoms with Crippen LogP contribution < -0.4 is 14.2 Å². The van der Waals surface area contributed by atoms with Crippen molar-refractivity contribution >= 4 is 29.2 Å². The fourth-order valence-electron chi connectivity index (χ4n) is 3.05. The molecule has 0 amide bonds. The number of fused-ring (bicyclic) bond motifs is 1. The Bertz CT molecular complexity index is 1150. The van der Waals surface area contributed by atoms with E-state index in [9.17, 15) is 9.59 Å². The van der Waals surface area contributed by atoms with Crippen LogP contribution in [0.3, 0.4) is 0 Å². The number of carbonyl (C=O) groups excluding carboxylic acids is 2. The summed E-state index contributed by atoms with van der Waals surface area (Å²) in [6.45, 7) is -0.141. The first kappa shape index (κ1) is 19.7. The highest BCUT2D eigenvalue weighted by molar-refractivity contribution is 6.30. The first-order valence-corrected chi connectivity index (χ1v) is 9.56. The molecule has 0 unspecified atom stereocenters. The van der Waals surface area contributed by atoms with E-state index < -0.39 is 0 Å². The summed E-state index contributed by atoms with van der Waals surface area (Å²) < 4.78 is 16.6. The largest absolute Gasteiger partial charge is 0.496 e. The molecule has 3 aromatic rings. The van der Waals surface area contributed by atoms with E-state index in [-0.39, 0.29) is 23.9 Å². The van der Waals surface area contributed by atoms with E-state index in [1.54, 1.807) is 55.7 Å². The molecule has 0 saturated carbocycles. The van der Waals surface area contributed by atoms with Gasteiger partial charge in [-0.15, -0.1) is 0 Å². The van der Waals surface area contributed by atoms with Crippen molar-refractivity contribution < 1.29 is 23.8 Å². The van der Waals surface area contributed by atoms with Crippen LogP contribution in [0.5, 0.6) is 17.2 Å². The van der Waals surface area contributed by atoms with Crippen molar-refractivity contribution in [2.75, 3.05) is 13.7 Å². The Morgan fingerprint density at radius 2 is 1.83 bits per heavy atom. The van der Waals surface area contributed by atoms with Crippen molar-refractivity contribution in [2.45, 2.75) is 0 Å². The van der Waals surface area contributed by atoms with Crippen molar-refractivity contribution in [2.24, 2.45) is 0 Å². The lowest BCUT2D eigenvalue weighted by Crippen LogP contribution is -2.11. The number of methoxy groups -OCH3 is 1. The van der Waals surface area contributed by atoms with Gasteiger partial charge in [-0.25, -0.2) is 0 Å². The minimum atomic E-state index is -0.223. The summed E-state index contributed by atoms with van der Waals surface area (Å²) >= 11 is 5.84. The Morgan fingerprint density at radius 3 is 2.60 bits per heavy atom. The number of carbonyl (C=O) groups is 2. The maximum atomic E-state index is 12.7. The van der Waals surface area contributed by atoms with Crippen molar-refractivity contribution in [3.8, 4) is 17.2 Å². The predicted molar refractivity (Wildman–Crippen MR) is 114 cm³/mol. The van der Waals surface area contributed by atoms with Crippen molar-refractivity contribution in [3.63, 3.8) is 0 Å². The lowest BCUT2D eigenvalue weighted by atomic mass is 10.1. The molecule has 0 aromatic heterocycles. The fourth-order valence-corrected chi connectivity index (χ4v) is 3.18. The summed E-state index contributed by atoms with van der Waals surface area (Å²) in [7, 11) is 1.57. The summed E-state index contributed by atoms with van der Waals surface area (Å²) in [5.41, 5.74) is 1.68. The first-order valence-electron chi connectivity index (χ1n) is 9.18. The molecular formula is C24H17ClO5. The Balaban J connectivity index is 1.49. The van der Waals surface area contributed by atoms with E-state index in [1.165, 1.54) is 0 Å². The van der Waals surface area contributed by atoms with E-state index in [2.05, 4.69) is 0 Å². The van der Waals surface area contributed by atoms with Gasteiger partial charge in [0.2, 0.25) is 5.78 Å². The molecule has 0 saturated heterocycles. The van der Waals surface area contributed by atoms with Crippen LogP contribution in [0.25, 0.3) is 6.08 Å². The molecule has 5 nitrogen and oxygen atoms in total. The molecule has 30 heavy (non-hydrogen) atoms. The second-order valence-corrected chi connectivity index (χ2v) is 6.99. The van der Waals surface area contributed by atoms with E-state index in [4.69, 9.17) is 25.8 Å². The van der Waals surface area contributed by atoms with Gasteiger partial charge in [0.05, 0.1) is 12.7 Å². The number of ketones is 2. The Hall–Kier alpha value is -3.57. The van der Waals surface area contributed by atoms with Crippen LogP contribution in [0.15, 0.2) is 72.5 Å². The molecule has 3 aromatic carbocycles. The molecule has 0 radical (unpaired) electrons. The van der Waals surface area contributed by atoms with Gasteiger partial charge < -0.3 is 14.2 Å². The Morgan fingerprint density at radius 1 is 1.07 bits per heavy atom. The summed E-state index contributed by atoms with van der Waals surface area (Å²) in [6, 6.07) is 18.8. The Kier molecular flexibility index (Phi) is 5.55. The van der Waals surface area contributed by atoms with Crippen LogP contribution in [0.1, 0.15) is 26.3 Å². The van der Waals surface area contributed by atoms with Crippen LogP contribution in [-0.4, -0.2) is 25.3 Å². The normalized spacial score (nSPS) is 13.7. The van der Waals surface area contributed by atoms with Gasteiger partial charge in [-0.3, -0.25) is 9.59 Å². The summed E-state index contributed by atoms with van der Waals surface area (Å²) in [5.74, 6) is 1.26. The van der Waals surface area contributed by atoms with Crippen molar-refractivity contribution in [1.29, 1.82) is 0 Å². The number of benzene rings is 3. The van der Waals surface area contributed by atoms with Gasteiger partial charge in [0.1, 0.15) is 17.2 Å². The zero-order chi connectivity index (χ0) is 21.1. The van der Waals surface area contributed by atoms with Crippen LogP contribution in [0, 0.1) is 0 Å². The highest BCUT2D eigenvalue weighted by Gasteiger charge is 2.28. The van der Waals surface area contributed by atoms with E-state index >= 15 is 0 Å². The highest BCUT2D eigenvalue weighted by atomic mass is 35.5. The third-order valence-electron chi connectivity index (χ3n) is 4.60. The summed E-state index contributed by atoms with van der Waals surface area (Å²) in [6.07, 6.45) is 1.64. The van der Waals surface area contributed by atoms with Gasteiger partial charge in [-0.1, -0.05) is 29.8 Å². The SMILES string of the molecule is COc1ccccc1/C=C1\Oc2cc(OCC(=O)c3ccc(Cl)cc3)ccc2C1=O. The average Bonchev–Trinajstić information content (AvgIpc) is 3.07. The number of allylic oxidation sites excluding steroid dienone is 1. The topological polar surface area (TPSA) is 61.8 Å². The molecule has 0 aliphatic carbocycles. The van der Waals surface area contributed by atoms with E-state index in [0.29, 0.717) is 33.4 Å². The third-order valence-corrected chi connectivity index (χ3v) is 4.86. The lowest BCUT2D eigenvalue weighted by Gasteiger charge is -2.07. The summed E-state index contributed by atoms with van der Waals surface area (Å²) in [4.78, 5) is 24.9. The number of para-hydroxylation sites is 1. The maximum Gasteiger partial charge on any atom is 0.231 e. The molecule has 0 N–H and O–H groups in total.